The number of para-hydroxylation sites is 2. The molecule has 0 aliphatic carbocycles. The van der Waals surface area contributed by atoms with Crippen LogP contribution in [0.1, 0.15) is 0 Å². The van der Waals surface area contributed by atoms with Gasteiger partial charge in [0.25, 0.3) is 0 Å². The number of halogens is 1. The maximum absolute atomic E-state index is 15.3. The second kappa shape index (κ2) is 12.5. The monoisotopic (exact) mass is 817 g/mol. The first kappa shape index (κ1) is 31.9. The third-order valence-electron chi connectivity index (χ3n) is 10.9. The Bertz CT molecular complexity index is 3330. The molecule has 0 bridgehead atoms. The van der Waals surface area contributed by atoms with Crippen molar-refractivity contribution in [2.45, 2.75) is 0 Å². The van der Waals surface area contributed by atoms with Crippen molar-refractivity contribution in [1.82, 2.24) is 14.4 Å². The van der Waals surface area contributed by atoms with E-state index in [-0.39, 0.29) is 0 Å². The molecule has 11 aromatic rings. The van der Waals surface area contributed by atoms with Crippen LogP contribution in [0.4, 0.5) is 0 Å². The number of benzene rings is 8. The summed E-state index contributed by atoms with van der Waals surface area (Å²) in [5, 5.41) is 8.24. The molecule has 0 aliphatic rings. The summed E-state index contributed by atoms with van der Waals surface area (Å²) in [5.41, 5.74) is 8.67. The van der Waals surface area contributed by atoms with Crippen LogP contribution in [0.5, 0.6) is 0 Å². The number of fused-ring (bicyclic) bond motifs is 11. The predicted molar refractivity (Wildman–Crippen MR) is 235 cm³/mol. The van der Waals surface area contributed by atoms with Gasteiger partial charge in [-0.25, -0.2) is 4.98 Å². The number of pyridine rings is 2. The van der Waals surface area contributed by atoms with Crippen LogP contribution in [0.15, 0.2) is 194 Å². The molecule has 0 amide bonds. The Balaban J connectivity index is 0.988. The fourth-order valence-electron chi connectivity index (χ4n) is 8.19. The molecule has 3 aromatic heterocycles. The Morgan fingerprint density at radius 1 is 0.418 bits per heavy atom. The number of hydrogen-bond donors (Lipinski definition) is 0. The van der Waals surface area contributed by atoms with Gasteiger partial charge in [-0.3, -0.25) is 0 Å². The van der Waals surface area contributed by atoms with E-state index < -0.39 is 18.4 Å². The minimum absolute atomic E-state index is 0.840. The van der Waals surface area contributed by atoms with Crippen LogP contribution in [0.2, 0.25) is 0 Å². The van der Waals surface area contributed by atoms with E-state index in [4.69, 9.17) is 4.98 Å². The molecule has 1 atom stereocenters. The molecule has 11 rings (SSSR count). The molecule has 0 saturated heterocycles. The van der Waals surface area contributed by atoms with E-state index in [9.17, 15) is 0 Å². The normalized spacial score (nSPS) is 13.5. The van der Waals surface area contributed by atoms with Crippen LogP contribution in [0.25, 0.3) is 82.2 Å². The Hall–Kier alpha value is -6.57. The van der Waals surface area contributed by atoms with Gasteiger partial charge in [0.1, 0.15) is 5.65 Å². The van der Waals surface area contributed by atoms with Crippen LogP contribution in [-0.4, -0.2) is 14.4 Å². The molecule has 5 heteroatoms. The van der Waals surface area contributed by atoms with Gasteiger partial charge in [-0.2, -0.15) is 0 Å². The summed E-state index contributed by atoms with van der Waals surface area (Å²) in [4.78, 5) is 9.43. The Morgan fingerprint density at radius 3 is 1.80 bits per heavy atom. The Morgan fingerprint density at radius 2 is 1.00 bits per heavy atom. The van der Waals surface area contributed by atoms with Crippen molar-refractivity contribution in [2.24, 2.45) is 0 Å². The van der Waals surface area contributed by atoms with Crippen LogP contribution in [-0.2, 0) is 3.07 Å². The van der Waals surface area contributed by atoms with E-state index in [0.29, 0.717) is 0 Å². The number of nitrogens with zero attached hydrogens (tertiary/aromatic N) is 3. The molecule has 0 aliphatic heterocycles. The second-order valence-electron chi connectivity index (χ2n) is 14.0. The van der Waals surface area contributed by atoms with E-state index in [2.05, 4.69) is 161 Å². The molecule has 0 spiro atoms. The first-order valence-electron chi connectivity index (χ1n) is 18.4. The molecule has 0 fully saturated rings. The van der Waals surface area contributed by atoms with Crippen molar-refractivity contribution < 1.29 is 3.07 Å². The average molecular weight is 818 g/mol. The molecule has 4 nitrogen and oxygen atoms in total. The van der Waals surface area contributed by atoms with Gasteiger partial charge in [-0.05, 0) is 28.3 Å². The van der Waals surface area contributed by atoms with Crippen LogP contribution < -0.4 is 0 Å². The fourth-order valence-corrected chi connectivity index (χ4v) is 14.5. The quantitative estimate of drug-likeness (QED) is 0.128. The zero-order chi connectivity index (χ0) is 36.5. The van der Waals surface area contributed by atoms with Gasteiger partial charge in [0.15, 0.2) is 0 Å². The third-order valence-corrected chi connectivity index (χ3v) is 18.3. The summed E-state index contributed by atoms with van der Waals surface area (Å²) < 4.78 is 20.2. The number of rotatable bonds is 5. The summed E-state index contributed by atoms with van der Waals surface area (Å²) in [5.74, 6) is 0. The van der Waals surface area contributed by atoms with Gasteiger partial charge >= 0.3 is 219 Å². The van der Waals surface area contributed by atoms with Crippen molar-refractivity contribution in [3.63, 3.8) is 0 Å². The first-order valence-corrected chi connectivity index (χ1v) is 22.5. The fraction of sp³-hybridized carbons (Fsp3) is 0. The van der Waals surface area contributed by atoms with Crippen molar-refractivity contribution in [1.29, 1.82) is 0 Å². The zero-order valence-corrected chi connectivity index (χ0v) is 31.8. The van der Waals surface area contributed by atoms with Crippen molar-refractivity contribution in [2.75, 3.05) is 0 Å². The first-order chi connectivity index (χ1) is 27.1. The Kier molecular flexibility index (Phi) is 7.25. The molecule has 260 valence electrons. The van der Waals surface area contributed by atoms with E-state index >= 15 is 3.07 Å². The number of imidazole rings is 1. The minimum atomic E-state index is -4.13. The molecule has 0 N–H and O–H groups in total. The van der Waals surface area contributed by atoms with Crippen molar-refractivity contribution >= 4 is 78.3 Å². The molecule has 55 heavy (non-hydrogen) atoms. The standard InChI is InChI=1S/C50H32IN3O/c55-51(41-27-29-52-30-28-41,42-24-19-33-7-1-2-9-38(33)31-42)40-22-17-35(18-23-40)34-13-15-36(16-14-34)39-21-25-44-45-26-20-37-8-3-4-10-43(37)49(45)50-53-46-11-5-6-12-47(46)54(50)48(44)32-39/h1-32H. The van der Waals surface area contributed by atoms with Crippen LogP contribution >= 0.6 is 18.4 Å². The van der Waals surface area contributed by atoms with Gasteiger partial charge in [-0.15, -0.1) is 0 Å². The summed E-state index contributed by atoms with van der Waals surface area (Å²) in [6.07, 6.45) is 3.48. The van der Waals surface area contributed by atoms with Crippen LogP contribution in [0.3, 0.4) is 0 Å². The third kappa shape index (κ3) is 5.04. The molecule has 0 saturated carbocycles. The maximum atomic E-state index is 15.3. The molecule has 1 unspecified atom stereocenters. The van der Waals surface area contributed by atoms with E-state index in [1.807, 2.05) is 30.3 Å². The average Bonchev–Trinajstić information content (AvgIpc) is 3.66. The SMILES string of the molecule is O=I(c1ccncc1)(c1ccc(-c2ccc(-c3ccc4c5ccc6ccccc6c5c5nc6ccccc6n5c4c3)cc2)cc1)c1ccc2ccccc2c1. The van der Waals surface area contributed by atoms with Crippen molar-refractivity contribution in [3.05, 3.63) is 205 Å². The van der Waals surface area contributed by atoms with Gasteiger partial charge in [-0.1, -0.05) is 48.5 Å². The molecule has 8 aromatic carbocycles. The number of hydrogen-bond acceptors (Lipinski definition) is 3. The van der Waals surface area contributed by atoms with Crippen LogP contribution in [0, 0.1) is 10.7 Å². The summed E-state index contributed by atoms with van der Waals surface area (Å²) in [6.45, 7) is 0. The predicted octanol–water partition coefficient (Wildman–Crippen LogP) is 13.1. The summed E-state index contributed by atoms with van der Waals surface area (Å²) >= 11 is -4.13. The molecule has 3 heterocycles. The summed E-state index contributed by atoms with van der Waals surface area (Å²) in [7, 11) is 0. The van der Waals surface area contributed by atoms with E-state index in [1.165, 1.54) is 26.9 Å². The Labute approximate surface area is 321 Å². The van der Waals surface area contributed by atoms with Gasteiger partial charge in [0, 0.05) is 5.39 Å². The zero-order valence-electron chi connectivity index (χ0n) is 29.6. The van der Waals surface area contributed by atoms with Gasteiger partial charge in [0.2, 0.25) is 0 Å². The topological polar surface area (TPSA) is 47.3 Å². The van der Waals surface area contributed by atoms with Gasteiger partial charge in [0.05, 0.1) is 11.0 Å². The van der Waals surface area contributed by atoms with Crippen molar-refractivity contribution in [3.8, 4) is 22.3 Å². The molecular weight excluding hydrogens is 785 g/mol. The number of aromatic nitrogens is 3. The molecule has 0 radical (unpaired) electrons. The van der Waals surface area contributed by atoms with E-state index in [1.54, 1.807) is 12.4 Å². The molecular formula is C50H32IN3O. The summed E-state index contributed by atoms with van der Waals surface area (Å²) in [6, 6.07) is 63.6. The van der Waals surface area contributed by atoms with Gasteiger partial charge < -0.3 is 0 Å². The second-order valence-corrected chi connectivity index (χ2v) is 20.6. The van der Waals surface area contributed by atoms with E-state index in [0.717, 1.165) is 65.9 Å².